The molecular formula is C20H23BrN6O3. The number of nitrogens with one attached hydrogen (secondary N) is 2. The van der Waals surface area contributed by atoms with Crippen LogP contribution in [-0.2, 0) is 18.4 Å². The number of tetrazole rings is 1. The Balaban J connectivity index is 1.66. The second-order valence-corrected chi connectivity index (χ2v) is 7.37. The predicted octanol–water partition coefficient (Wildman–Crippen LogP) is 3.31. The van der Waals surface area contributed by atoms with E-state index in [4.69, 9.17) is 9.47 Å². The molecule has 2 N–H and O–H groups in total. The van der Waals surface area contributed by atoms with E-state index >= 15 is 0 Å². The highest BCUT2D eigenvalue weighted by atomic mass is 79.9. The first kappa shape index (κ1) is 21.6. The fourth-order valence-electron chi connectivity index (χ4n) is 2.66. The number of carbonyl (C=O) groups is 1. The minimum absolute atomic E-state index is 0.144. The van der Waals surface area contributed by atoms with Crippen LogP contribution in [0.25, 0.3) is 0 Å². The molecule has 0 aliphatic carbocycles. The van der Waals surface area contributed by atoms with E-state index in [-0.39, 0.29) is 12.5 Å². The monoisotopic (exact) mass is 474 g/mol. The first-order valence-corrected chi connectivity index (χ1v) is 10.2. The van der Waals surface area contributed by atoms with Gasteiger partial charge in [0.25, 0.3) is 5.91 Å². The summed E-state index contributed by atoms with van der Waals surface area (Å²) in [7, 11) is 1.75. The van der Waals surface area contributed by atoms with Crippen molar-refractivity contribution < 1.29 is 14.3 Å². The summed E-state index contributed by atoms with van der Waals surface area (Å²) in [5.74, 6) is 1.31. The van der Waals surface area contributed by atoms with Gasteiger partial charge in [0.15, 0.2) is 18.1 Å². The quantitative estimate of drug-likeness (QED) is 0.490. The molecule has 1 heterocycles. The SMILES string of the molecule is CCOc1cc(CNc2nnnn2C)cc(Br)c1OCC(=O)Nc1ccc(C)cc1. The molecule has 158 valence electrons. The number of benzene rings is 2. The molecule has 3 rings (SSSR count). The molecule has 0 saturated heterocycles. The van der Waals surface area contributed by atoms with Crippen LogP contribution in [-0.4, -0.2) is 39.3 Å². The Bertz CT molecular complexity index is 1010. The standard InChI is InChI=1S/C20H23BrN6O3/c1-4-29-17-10-14(11-22-20-24-25-26-27(20)3)9-16(21)19(17)30-12-18(28)23-15-7-5-13(2)6-8-15/h5-10H,4,11-12H2,1-3H3,(H,23,28)(H,22,24,26). The largest absolute Gasteiger partial charge is 0.490 e. The van der Waals surface area contributed by atoms with Crippen LogP contribution in [0.1, 0.15) is 18.1 Å². The van der Waals surface area contributed by atoms with Crippen LogP contribution >= 0.6 is 15.9 Å². The summed E-state index contributed by atoms with van der Waals surface area (Å²) < 4.78 is 13.7. The molecule has 1 aromatic heterocycles. The Hall–Kier alpha value is -3.14. The van der Waals surface area contributed by atoms with Gasteiger partial charge in [-0.25, -0.2) is 4.68 Å². The van der Waals surface area contributed by atoms with Crippen LogP contribution in [0.3, 0.4) is 0 Å². The number of anilines is 2. The van der Waals surface area contributed by atoms with Crippen molar-refractivity contribution in [2.75, 3.05) is 23.8 Å². The van der Waals surface area contributed by atoms with Gasteiger partial charge in [0.1, 0.15) is 0 Å². The predicted molar refractivity (Wildman–Crippen MR) is 117 cm³/mol. The first-order valence-electron chi connectivity index (χ1n) is 9.37. The zero-order chi connectivity index (χ0) is 21.5. The van der Waals surface area contributed by atoms with E-state index in [9.17, 15) is 4.79 Å². The lowest BCUT2D eigenvalue weighted by Gasteiger charge is -2.16. The molecule has 0 unspecified atom stereocenters. The highest BCUT2D eigenvalue weighted by Gasteiger charge is 2.15. The zero-order valence-corrected chi connectivity index (χ0v) is 18.6. The molecule has 0 fully saturated rings. The Morgan fingerprint density at radius 2 is 1.97 bits per heavy atom. The van der Waals surface area contributed by atoms with Crippen LogP contribution < -0.4 is 20.1 Å². The summed E-state index contributed by atoms with van der Waals surface area (Å²) in [6.45, 7) is 4.68. The van der Waals surface area contributed by atoms with Gasteiger partial charge < -0.3 is 20.1 Å². The lowest BCUT2D eigenvalue weighted by Crippen LogP contribution is -2.20. The van der Waals surface area contributed by atoms with E-state index in [1.165, 1.54) is 0 Å². The fraction of sp³-hybridized carbons (Fsp3) is 0.300. The molecule has 0 atom stereocenters. The molecule has 0 spiro atoms. The van der Waals surface area contributed by atoms with Gasteiger partial charge in [-0.2, -0.15) is 0 Å². The number of hydrogen-bond acceptors (Lipinski definition) is 7. The highest BCUT2D eigenvalue weighted by Crippen LogP contribution is 2.37. The Labute approximate surface area is 182 Å². The molecule has 3 aromatic rings. The van der Waals surface area contributed by atoms with E-state index < -0.39 is 0 Å². The average molecular weight is 475 g/mol. The topological polar surface area (TPSA) is 103 Å². The second kappa shape index (κ2) is 10.1. The summed E-state index contributed by atoms with van der Waals surface area (Å²) in [5, 5.41) is 17.2. The minimum Gasteiger partial charge on any atom is -0.490 e. The van der Waals surface area contributed by atoms with E-state index in [0.717, 1.165) is 16.8 Å². The number of amides is 1. The van der Waals surface area contributed by atoms with Crippen molar-refractivity contribution in [1.82, 2.24) is 20.2 Å². The number of rotatable bonds is 9. The van der Waals surface area contributed by atoms with Gasteiger partial charge in [0, 0.05) is 19.3 Å². The molecule has 2 aromatic carbocycles. The molecule has 1 amide bonds. The maximum Gasteiger partial charge on any atom is 0.262 e. The van der Waals surface area contributed by atoms with Gasteiger partial charge >= 0.3 is 0 Å². The summed E-state index contributed by atoms with van der Waals surface area (Å²) >= 11 is 3.52. The molecule has 0 bridgehead atoms. The zero-order valence-electron chi connectivity index (χ0n) is 17.0. The highest BCUT2D eigenvalue weighted by molar-refractivity contribution is 9.10. The molecule has 0 aliphatic rings. The number of aromatic nitrogens is 4. The Morgan fingerprint density at radius 1 is 1.20 bits per heavy atom. The molecule has 30 heavy (non-hydrogen) atoms. The van der Waals surface area contributed by atoms with Crippen molar-refractivity contribution in [1.29, 1.82) is 0 Å². The normalized spacial score (nSPS) is 10.5. The molecule has 0 radical (unpaired) electrons. The number of hydrogen-bond donors (Lipinski definition) is 2. The lowest BCUT2D eigenvalue weighted by molar-refractivity contribution is -0.118. The number of ether oxygens (including phenoxy) is 2. The van der Waals surface area contributed by atoms with E-state index in [2.05, 4.69) is 42.1 Å². The number of nitrogens with zero attached hydrogens (tertiary/aromatic N) is 4. The van der Waals surface area contributed by atoms with Crippen LogP contribution in [0.15, 0.2) is 40.9 Å². The Morgan fingerprint density at radius 3 is 2.63 bits per heavy atom. The summed E-state index contributed by atoms with van der Waals surface area (Å²) in [6.07, 6.45) is 0. The van der Waals surface area contributed by atoms with E-state index in [1.807, 2.05) is 50.2 Å². The van der Waals surface area contributed by atoms with E-state index in [1.54, 1.807) is 11.7 Å². The molecule has 0 aliphatic heterocycles. The van der Waals surface area contributed by atoms with Gasteiger partial charge in [0.2, 0.25) is 5.95 Å². The third kappa shape index (κ3) is 5.69. The fourth-order valence-corrected chi connectivity index (χ4v) is 3.26. The van der Waals surface area contributed by atoms with Crippen molar-refractivity contribution in [2.24, 2.45) is 7.05 Å². The first-order chi connectivity index (χ1) is 14.5. The maximum atomic E-state index is 12.3. The smallest absolute Gasteiger partial charge is 0.262 e. The van der Waals surface area contributed by atoms with Crippen molar-refractivity contribution in [2.45, 2.75) is 20.4 Å². The van der Waals surface area contributed by atoms with Gasteiger partial charge in [-0.05, 0) is 70.0 Å². The molecule has 9 nitrogen and oxygen atoms in total. The van der Waals surface area contributed by atoms with Crippen LogP contribution in [0.4, 0.5) is 11.6 Å². The van der Waals surface area contributed by atoms with Gasteiger partial charge in [-0.3, -0.25) is 4.79 Å². The minimum atomic E-state index is -0.256. The average Bonchev–Trinajstić information content (AvgIpc) is 3.12. The number of aryl methyl sites for hydroxylation is 2. The summed E-state index contributed by atoms with van der Waals surface area (Å²) in [5.41, 5.74) is 2.78. The lowest BCUT2D eigenvalue weighted by atomic mass is 10.2. The summed E-state index contributed by atoms with van der Waals surface area (Å²) in [6, 6.07) is 11.3. The Kier molecular flexibility index (Phi) is 7.23. The molecule has 10 heteroatoms. The second-order valence-electron chi connectivity index (χ2n) is 6.52. The van der Waals surface area contributed by atoms with E-state index in [0.29, 0.717) is 35.1 Å². The van der Waals surface area contributed by atoms with Crippen LogP contribution in [0, 0.1) is 6.92 Å². The number of halogens is 1. The van der Waals surface area contributed by atoms with Gasteiger partial charge in [-0.1, -0.05) is 22.8 Å². The van der Waals surface area contributed by atoms with Crippen molar-refractivity contribution in [3.8, 4) is 11.5 Å². The maximum absolute atomic E-state index is 12.3. The molecule has 0 saturated carbocycles. The van der Waals surface area contributed by atoms with Crippen molar-refractivity contribution >= 4 is 33.5 Å². The van der Waals surface area contributed by atoms with Crippen LogP contribution in [0.2, 0.25) is 0 Å². The molecular weight excluding hydrogens is 452 g/mol. The van der Waals surface area contributed by atoms with Gasteiger partial charge in [-0.15, -0.1) is 0 Å². The van der Waals surface area contributed by atoms with Gasteiger partial charge in [0.05, 0.1) is 11.1 Å². The third-order valence-corrected chi connectivity index (χ3v) is 4.71. The van der Waals surface area contributed by atoms with Crippen molar-refractivity contribution in [3.63, 3.8) is 0 Å². The van der Waals surface area contributed by atoms with Crippen LogP contribution in [0.5, 0.6) is 11.5 Å². The third-order valence-electron chi connectivity index (χ3n) is 4.12. The van der Waals surface area contributed by atoms with Crippen molar-refractivity contribution in [3.05, 3.63) is 52.0 Å². The summed E-state index contributed by atoms with van der Waals surface area (Å²) in [4.78, 5) is 12.3. The number of carbonyl (C=O) groups excluding carboxylic acids is 1.